The third-order valence-corrected chi connectivity index (χ3v) is 4.38. The number of nitrogens with zero attached hydrogens (tertiary/aromatic N) is 2. The highest BCUT2D eigenvalue weighted by atomic mass is 35.5. The van der Waals surface area contributed by atoms with E-state index in [9.17, 15) is 4.79 Å². The van der Waals surface area contributed by atoms with Gasteiger partial charge in [0, 0.05) is 5.92 Å². The molecule has 0 radical (unpaired) electrons. The fraction of sp³-hybridized carbons (Fsp3) is 0.286. The quantitative estimate of drug-likeness (QED) is 0.783. The summed E-state index contributed by atoms with van der Waals surface area (Å²) in [4.78, 5) is 16.7. The standard InChI is InChI=1S/C14H11ClN2OS/c1-2-8-17-12-10(15)4-3-5-11(12)19-14(17)16-13(18)9-6-7-9/h1,3-5,9H,6-8H2. The van der Waals surface area contributed by atoms with Crippen molar-refractivity contribution >= 4 is 39.1 Å². The molecule has 96 valence electrons. The molecule has 1 aromatic carbocycles. The SMILES string of the molecule is C#CCn1c(=NC(=O)C2CC2)sc2cccc(Cl)c21. The fourth-order valence-electron chi connectivity index (χ4n) is 1.93. The molecule has 2 aromatic rings. The summed E-state index contributed by atoms with van der Waals surface area (Å²) in [6.07, 6.45) is 7.29. The third-order valence-electron chi connectivity index (χ3n) is 3.03. The van der Waals surface area contributed by atoms with Crippen molar-refractivity contribution in [3.05, 3.63) is 28.0 Å². The molecule has 1 aromatic heterocycles. The number of amides is 1. The van der Waals surface area contributed by atoms with Gasteiger partial charge in [0.25, 0.3) is 5.91 Å². The fourth-order valence-corrected chi connectivity index (χ4v) is 3.32. The minimum Gasteiger partial charge on any atom is -0.303 e. The van der Waals surface area contributed by atoms with Crippen molar-refractivity contribution in [2.75, 3.05) is 0 Å². The van der Waals surface area contributed by atoms with Gasteiger partial charge in [-0.1, -0.05) is 34.9 Å². The summed E-state index contributed by atoms with van der Waals surface area (Å²) in [7, 11) is 0. The molecule has 1 fully saturated rings. The molecule has 1 saturated carbocycles. The molecular formula is C14H11ClN2OS. The van der Waals surface area contributed by atoms with E-state index in [4.69, 9.17) is 18.0 Å². The molecule has 1 aliphatic rings. The second-order valence-corrected chi connectivity index (χ2v) is 5.90. The van der Waals surface area contributed by atoms with E-state index >= 15 is 0 Å². The lowest BCUT2D eigenvalue weighted by molar-refractivity contribution is -0.119. The summed E-state index contributed by atoms with van der Waals surface area (Å²) in [5, 5.41) is 0.629. The van der Waals surface area contributed by atoms with Crippen molar-refractivity contribution in [2.45, 2.75) is 19.4 Å². The van der Waals surface area contributed by atoms with Crippen molar-refractivity contribution < 1.29 is 4.79 Å². The lowest BCUT2D eigenvalue weighted by Crippen LogP contribution is -2.17. The van der Waals surface area contributed by atoms with Crippen LogP contribution in [0.4, 0.5) is 0 Å². The molecule has 0 unspecified atom stereocenters. The molecule has 1 aliphatic carbocycles. The van der Waals surface area contributed by atoms with Crippen LogP contribution in [0, 0.1) is 18.3 Å². The number of aromatic nitrogens is 1. The molecule has 0 N–H and O–H groups in total. The van der Waals surface area contributed by atoms with Crippen LogP contribution < -0.4 is 4.80 Å². The Hall–Kier alpha value is -1.57. The first-order valence-corrected chi connectivity index (χ1v) is 7.20. The van der Waals surface area contributed by atoms with Gasteiger partial charge in [-0.05, 0) is 25.0 Å². The van der Waals surface area contributed by atoms with Gasteiger partial charge >= 0.3 is 0 Å². The third kappa shape index (κ3) is 2.32. The van der Waals surface area contributed by atoms with Gasteiger partial charge in [0.05, 0.1) is 21.8 Å². The molecule has 0 bridgehead atoms. The average molecular weight is 291 g/mol. The van der Waals surface area contributed by atoms with Gasteiger partial charge in [-0.3, -0.25) is 4.79 Å². The lowest BCUT2D eigenvalue weighted by atomic mass is 10.3. The molecule has 1 heterocycles. The van der Waals surface area contributed by atoms with E-state index in [1.807, 2.05) is 22.8 Å². The number of para-hydroxylation sites is 1. The van der Waals surface area contributed by atoms with Gasteiger partial charge in [-0.2, -0.15) is 4.99 Å². The summed E-state index contributed by atoms with van der Waals surface area (Å²) >= 11 is 7.66. The number of thiazole rings is 1. The first-order valence-electron chi connectivity index (χ1n) is 6.00. The lowest BCUT2D eigenvalue weighted by Gasteiger charge is -2.01. The number of halogens is 1. The molecule has 0 atom stereocenters. The van der Waals surface area contributed by atoms with Crippen LogP contribution in [-0.4, -0.2) is 10.5 Å². The van der Waals surface area contributed by atoms with Crippen molar-refractivity contribution in [1.29, 1.82) is 0 Å². The van der Waals surface area contributed by atoms with Gasteiger partial charge in [-0.25, -0.2) is 0 Å². The topological polar surface area (TPSA) is 34.4 Å². The highest BCUT2D eigenvalue weighted by Gasteiger charge is 2.29. The zero-order valence-electron chi connectivity index (χ0n) is 10.1. The summed E-state index contributed by atoms with van der Waals surface area (Å²) in [6.45, 7) is 0.362. The second kappa shape index (κ2) is 4.84. The zero-order valence-corrected chi connectivity index (χ0v) is 11.7. The molecule has 0 aliphatic heterocycles. The minimum atomic E-state index is -0.0477. The number of carbonyl (C=O) groups excluding carboxylic acids is 1. The number of carbonyl (C=O) groups is 1. The molecule has 0 saturated heterocycles. The largest absolute Gasteiger partial charge is 0.303 e. The minimum absolute atomic E-state index is 0.0477. The van der Waals surface area contributed by atoms with Gasteiger partial charge in [0.2, 0.25) is 0 Å². The summed E-state index contributed by atoms with van der Waals surface area (Å²) in [5.41, 5.74) is 0.856. The normalized spacial score (nSPS) is 15.7. The monoisotopic (exact) mass is 290 g/mol. The van der Waals surface area contributed by atoms with E-state index in [1.165, 1.54) is 11.3 Å². The van der Waals surface area contributed by atoms with E-state index in [0.29, 0.717) is 16.4 Å². The van der Waals surface area contributed by atoms with Crippen molar-refractivity contribution in [3.63, 3.8) is 0 Å². The van der Waals surface area contributed by atoms with Gasteiger partial charge in [0.1, 0.15) is 0 Å². The Labute approximate surface area is 119 Å². The Kier molecular flexibility index (Phi) is 3.17. The molecule has 19 heavy (non-hydrogen) atoms. The number of hydrogen-bond acceptors (Lipinski definition) is 2. The van der Waals surface area contributed by atoms with Crippen LogP contribution in [0.2, 0.25) is 5.02 Å². The van der Waals surface area contributed by atoms with Crippen molar-refractivity contribution in [2.24, 2.45) is 10.9 Å². The van der Waals surface area contributed by atoms with E-state index in [-0.39, 0.29) is 11.8 Å². The van der Waals surface area contributed by atoms with E-state index in [1.54, 1.807) is 0 Å². The zero-order chi connectivity index (χ0) is 13.4. The maximum absolute atomic E-state index is 11.8. The molecule has 3 rings (SSSR count). The number of rotatable bonds is 2. The van der Waals surface area contributed by atoms with Crippen LogP contribution in [0.15, 0.2) is 23.2 Å². The van der Waals surface area contributed by atoms with E-state index in [0.717, 1.165) is 23.1 Å². The van der Waals surface area contributed by atoms with Crippen molar-refractivity contribution in [1.82, 2.24) is 4.57 Å². The van der Waals surface area contributed by atoms with Crippen LogP contribution >= 0.6 is 22.9 Å². The Bertz CT molecular complexity index is 762. The van der Waals surface area contributed by atoms with Gasteiger partial charge < -0.3 is 4.57 Å². The molecular weight excluding hydrogens is 280 g/mol. The highest BCUT2D eigenvalue weighted by Crippen LogP contribution is 2.30. The van der Waals surface area contributed by atoms with Crippen LogP contribution in [0.25, 0.3) is 10.2 Å². The van der Waals surface area contributed by atoms with E-state index < -0.39 is 0 Å². The summed E-state index contributed by atoms with van der Waals surface area (Å²) in [5.74, 6) is 2.65. The molecule has 3 nitrogen and oxygen atoms in total. The number of terminal acetylenes is 1. The predicted molar refractivity (Wildman–Crippen MR) is 77.0 cm³/mol. The van der Waals surface area contributed by atoms with Gasteiger partial charge in [0.15, 0.2) is 4.80 Å². The first-order chi connectivity index (χ1) is 9.20. The smallest absolute Gasteiger partial charge is 0.251 e. The Balaban J connectivity index is 2.23. The van der Waals surface area contributed by atoms with Crippen LogP contribution in [-0.2, 0) is 11.3 Å². The first kappa shape index (κ1) is 12.5. The van der Waals surface area contributed by atoms with Crippen LogP contribution in [0.1, 0.15) is 12.8 Å². The Morgan fingerprint density at radius 2 is 2.37 bits per heavy atom. The number of benzene rings is 1. The Morgan fingerprint density at radius 1 is 1.58 bits per heavy atom. The number of hydrogen-bond donors (Lipinski definition) is 0. The number of fused-ring (bicyclic) bond motifs is 1. The average Bonchev–Trinajstić information content (AvgIpc) is 3.16. The predicted octanol–water partition coefficient (Wildman–Crippen LogP) is 2.83. The second-order valence-electron chi connectivity index (χ2n) is 4.49. The Morgan fingerprint density at radius 3 is 3.05 bits per heavy atom. The maximum atomic E-state index is 11.8. The van der Waals surface area contributed by atoms with Crippen LogP contribution in [0.3, 0.4) is 0 Å². The van der Waals surface area contributed by atoms with Crippen LogP contribution in [0.5, 0.6) is 0 Å². The summed E-state index contributed by atoms with van der Waals surface area (Å²) < 4.78 is 2.83. The van der Waals surface area contributed by atoms with Crippen molar-refractivity contribution in [3.8, 4) is 12.3 Å². The molecule has 5 heteroatoms. The molecule has 1 amide bonds. The maximum Gasteiger partial charge on any atom is 0.251 e. The summed E-state index contributed by atoms with van der Waals surface area (Å²) in [6, 6.07) is 5.66. The van der Waals surface area contributed by atoms with E-state index in [2.05, 4.69) is 10.9 Å². The molecule has 0 spiro atoms. The van der Waals surface area contributed by atoms with Gasteiger partial charge in [-0.15, -0.1) is 6.42 Å². The highest BCUT2D eigenvalue weighted by molar-refractivity contribution is 7.16.